The first-order valence-electron chi connectivity index (χ1n) is 32.5. The number of aliphatic hydroxyl groups excluding tert-OH is 1. The summed E-state index contributed by atoms with van der Waals surface area (Å²) in [5, 5.41) is 32.5. The molecule has 3 aliphatic rings. The number of amides is 2. The van der Waals surface area contributed by atoms with Crippen LogP contribution in [0.2, 0.25) is 0 Å². The van der Waals surface area contributed by atoms with E-state index in [-0.39, 0.29) is 89.5 Å². The molecule has 10 rings (SSSR count). The molecule has 2 saturated carbocycles. The molecule has 4 aromatic heterocycles. The molecule has 0 bridgehead atoms. The Balaban J connectivity index is 0.000000242. The van der Waals surface area contributed by atoms with Gasteiger partial charge in [0, 0.05) is 89.0 Å². The number of pyridine rings is 2. The molecule has 1 N–H and O–H groups in total. The van der Waals surface area contributed by atoms with Crippen LogP contribution in [0, 0.1) is 23.7 Å². The first-order chi connectivity index (χ1) is 47.8. The van der Waals surface area contributed by atoms with Crippen molar-refractivity contribution in [2.75, 3.05) is 58.9 Å². The summed E-state index contributed by atoms with van der Waals surface area (Å²) >= 11 is 0. The maximum Gasteiger partial charge on any atom is 0.417 e. The number of aliphatic hydroxyl groups is 1. The van der Waals surface area contributed by atoms with E-state index in [4.69, 9.17) is 0 Å². The van der Waals surface area contributed by atoms with E-state index in [1.807, 2.05) is 11.8 Å². The summed E-state index contributed by atoms with van der Waals surface area (Å²) in [6.07, 6.45) is -20.7. The van der Waals surface area contributed by atoms with Gasteiger partial charge in [-0.25, -0.2) is 9.97 Å². The molecule has 0 unspecified atom stereocenters. The first-order valence-corrected chi connectivity index (χ1v) is 32.5. The first kappa shape index (κ1) is 77.3. The minimum atomic E-state index is -5.12. The average molecular weight is 1460 g/mol. The summed E-state index contributed by atoms with van der Waals surface area (Å²) in [5.74, 6) is 0.210. The summed E-state index contributed by atoms with van der Waals surface area (Å²) in [4.78, 5) is 43.2. The van der Waals surface area contributed by atoms with Crippen molar-refractivity contribution in [3.8, 4) is 0 Å². The number of hydrogen-bond acceptors (Lipinski definition) is 15. The van der Waals surface area contributed by atoms with Gasteiger partial charge in [-0.15, -0.1) is 10.2 Å². The van der Waals surface area contributed by atoms with Gasteiger partial charge in [0.25, 0.3) is 23.7 Å². The largest absolute Gasteiger partial charge is 0.417 e. The number of aromatic nitrogens is 10. The Hall–Kier alpha value is -8.86. The zero-order valence-electron chi connectivity index (χ0n) is 55.3. The predicted octanol–water partition coefficient (Wildman–Crippen LogP) is 15.1. The number of benzene rings is 3. The fourth-order valence-corrected chi connectivity index (χ4v) is 13.1. The summed E-state index contributed by atoms with van der Waals surface area (Å²) in [5.41, 5.74) is -8.39. The Labute approximate surface area is 572 Å². The Morgan fingerprint density at radius 2 is 0.775 bits per heavy atom. The quantitative estimate of drug-likeness (QED) is 0.0471. The van der Waals surface area contributed by atoms with Crippen molar-refractivity contribution < 1.29 is 93.7 Å². The third kappa shape index (κ3) is 19.6. The molecule has 2 fully saturated rings. The molecule has 102 heavy (non-hydrogen) atoms. The van der Waals surface area contributed by atoms with Crippen LogP contribution in [0.25, 0.3) is 0 Å². The zero-order chi connectivity index (χ0) is 74.4. The molecule has 3 aromatic carbocycles. The molecule has 1 aliphatic heterocycles. The van der Waals surface area contributed by atoms with E-state index in [1.54, 1.807) is 36.1 Å². The van der Waals surface area contributed by atoms with Crippen LogP contribution in [-0.2, 0) is 77.3 Å². The molecular weight excluding hydrogens is 1390 g/mol. The molecule has 2 aliphatic carbocycles. The van der Waals surface area contributed by atoms with Crippen LogP contribution in [0.4, 0.5) is 103 Å². The number of anilines is 4. The molecule has 2 amide bonds. The van der Waals surface area contributed by atoms with Crippen molar-refractivity contribution in [1.29, 1.82) is 0 Å². The van der Waals surface area contributed by atoms with E-state index in [1.165, 1.54) is 19.0 Å². The van der Waals surface area contributed by atoms with Gasteiger partial charge in [-0.05, 0) is 158 Å². The highest BCUT2D eigenvalue weighted by Gasteiger charge is 2.42. The second-order valence-corrected chi connectivity index (χ2v) is 25.6. The highest BCUT2D eigenvalue weighted by Crippen LogP contribution is 2.42. The minimum Gasteiger partial charge on any atom is -0.396 e. The van der Waals surface area contributed by atoms with Gasteiger partial charge in [0.15, 0.2) is 0 Å². The standard InChI is InChI=1S/C37H37F9N8O2.C29H34F9N7O/c1-3-52(19-23-10-8-22(9-11-23)12-13-54-32(55)29-6-4-5-7-30(29)33(54)56)31-25(16-28(18-47-31)37(44,45)46)21-53(34-48-50-51(2)49-34)20-24-14-26(35(38,39)40)17-27(15-24)36(41,42)43;1-3-44(15-19-6-4-18(5-7-19)8-9-46)25-21(12-24(14-39-25)29(36,37)38)17-45(26-40-42-43(2)41-26)16-20-10-22(27(30,31)32)13-23(11-20)28(33,34)35/h4-7,14-18,22-23H,3,8-13,19-21H2,1-2H3;10-14,18-19,46H,3-9,15-17H2,1-2H3. The number of tetrazole rings is 2. The maximum atomic E-state index is 14.0. The third-order valence-corrected chi connectivity index (χ3v) is 18.3. The van der Waals surface area contributed by atoms with Crippen molar-refractivity contribution in [2.45, 2.75) is 141 Å². The Bertz CT molecular complexity index is 3910. The summed E-state index contributed by atoms with van der Waals surface area (Å²) < 4.78 is 247. The lowest BCUT2D eigenvalue weighted by atomic mass is 9.80. The number of rotatable bonds is 23. The SMILES string of the molecule is CCN(CC1CCC(CCN2C(=O)c3ccccc3C2=O)CC1)c1ncc(C(F)(F)F)cc1CN(Cc1cc(C(F)(F)F)cc(C(F)(F)F)c1)c1nnn(C)n1.CCN(CC1CCC(CCO)CC1)c1ncc(C(F)(F)F)cc1CN(Cc1cc(C(F)(F)F)cc(C(F)(F)F)c1)c1nnn(C)n1. The van der Waals surface area contributed by atoms with E-state index in [2.05, 4.69) is 40.8 Å². The van der Waals surface area contributed by atoms with Crippen LogP contribution in [0.1, 0.15) is 154 Å². The normalized spacial score (nSPS) is 17.7. The number of carbonyl (C=O) groups excluding carboxylic acids is 2. The Kier molecular flexibility index (Phi) is 23.8. The number of imide groups is 1. The molecule has 0 radical (unpaired) electrons. The lowest BCUT2D eigenvalue weighted by Gasteiger charge is -2.34. The van der Waals surface area contributed by atoms with Crippen LogP contribution >= 0.6 is 0 Å². The number of hydrogen-bond donors (Lipinski definition) is 1. The van der Waals surface area contributed by atoms with Crippen LogP contribution in [-0.4, -0.2) is 112 Å². The van der Waals surface area contributed by atoms with Gasteiger partial charge in [0.1, 0.15) is 11.6 Å². The van der Waals surface area contributed by atoms with Crippen molar-refractivity contribution in [3.05, 3.63) is 152 Å². The average Bonchev–Trinajstić information content (AvgIpc) is 1.55. The molecule has 7 aromatic rings. The fraction of sp³-hybridized carbons (Fsp3) is 0.515. The van der Waals surface area contributed by atoms with E-state index in [0.717, 1.165) is 82.9 Å². The summed E-state index contributed by atoms with van der Waals surface area (Å²) in [7, 11) is 2.75. The van der Waals surface area contributed by atoms with E-state index in [9.17, 15) is 93.7 Å². The Morgan fingerprint density at radius 3 is 1.08 bits per heavy atom. The molecular formula is C66H71F18N15O3. The monoisotopic (exact) mass is 1460 g/mol. The lowest BCUT2D eigenvalue weighted by molar-refractivity contribution is -0.144. The number of nitrogens with zero attached hydrogens (tertiary/aromatic N) is 15. The Morgan fingerprint density at radius 1 is 0.441 bits per heavy atom. The zero-order valence-corrected chi connectivity index (χ0v) is 55.3. The highest BCUT2D eigenvalue weighted by molar-refractivity contribution is 6.21. The van der Waals surface area contributed by atoms with Gasteiger partial charge in [-0.2, -0.15) is 88.6 Å². The van der Waals surface area contributed by atoms with Crippen molar-refractivity contribution in [3.63, 3.8) is 0 Å². The number of aryl methyl sites for hydroxylation is 2. The number of halogens is 18. The van der Waals surface area contributed by atoms with Crippen LogP contribution in [0.5, 0.6) is 0 Å². The van der Waals surface area contributed by atoms with Crippen molar-refractivity contribution in [2.24, 2.45) is 37.8 Å². The smallest absolute Gasteiger partial charge is 0.396 e. The second kappa shape index (κ2) is 31.4. The van der Waals surface area contributed by atoms with Gasteiger partial charge in [-0.3, -0.25) is 14.5 Å². The van der Waals surface area contributed by atoms with Crippen molar-refractivity contribution >= 4 is 35.3 Å². The summed E-state index contributed by atoms with van der Waals surface area (Å²) in [6, 6.07) is 10.6. The van der Waals surface area contributed by atoms with E-state index in [0.29, 0.717) is 92.7 Å². The summed E-state index contributed by atoms with van der Waals surface area (Å²) in [6.45, 7) is 3.38. The molecule has 18 nitrogen and oxygen atoms in total. The predicted molar refractivity (Wildman–Crippen MR) is 334 cm³/mol. The number of fused-ring (bicyclic) bond motifs is 1. The molecule has 36 heteroatoms. The van der Waals surface area contributed by atoms with E-state index < -0.39 is 108 Å². The number of alkyl halides is 18. The maximum absolute atomic E-state index is 14.0. The van der Waals surface area contributed by atoms with Gasteiger partial charge in [0.2, 0.25) is 0 Å². The van der Waals surface area contributed by atoms with E-state index >= 15 is 0 Å². The second-order valence-electron chi connectivity index (χ2n) is 25.6. The van der Waals surface area contributed by atoms with Crippen LogP contribution in [0.15, 0.2) is 85.2 Å². The molecule has 0 atom stereocenters. The molecule has 0 saturated heterocycles. The lowest BCUT2D eigenvalue weighted by Crippen LogP contribution is -2.35. The fourth-order valence-electron chi connectivity index (χ4n) is 13.1. The number of carbonyl (C=O) groups is 2. The molecule has 554 valence electrons. The van der Waals surface area contributed by atoms with Gasteiger partial charge < -0.3 is 24.7 Å². The van der Waals surface area contributed by atoms with Gasteiger partial charge in [0.05, 0.1) is 58.6 Å². The topological polar surface area (TPSA) is 184 Å². The van der Waals surface area contributed by atoms with Crippen LogP contribution in [0.3, 0.4) is 0 Å². The highest BCUT2D eigenvalue weighted by atomic mass is 19.4. The molecule has 0 spiro atoms. The molecule has 5 heterocycles. The van der Waals surface area contributed by atoms with Gasteiger partial charge >= 0.3 is 37.1 Å². The van der Waals surface area contributed by atoms with Gasteiger partial charge in [-0.1, -0.05) is 48.0 Å². The minimum absolute atomic E-state index is 0.000353. The van der Waals surface area contributed by atoms with Crippen molar-refractivity contribution in [1.82, 2.24) is 55.3 Å². The van der Waals surface area contributed by atoms with Crippen LogP contribution < -0.4 is 19.6 Å². The third-order valence-electron chi connectivity index (χ3n) is 18.3.